The lowest BCUT2D eigenvalue weighted by molar-refractivity contribution is -0.117. The van der Waals surface area contributed by atoms with Crippen LogP contribution in [0.3, 0.4) is 0 Å². The van der Waals surface area contributed by atoms with Crippen molar-refractivity contribution in [2.24, 2.45) is 0 Å². The van der Waals surface area contributed by atoms with E-state index in [0.29, 0.717) is 29.3 Å². The Morgan fingerprint density at radius 3 is 2.83 bits per heavy atom. The Hall–Kier alpha value is -2.01. The quantitative estimate of drug-likeness (QED) is 0.847. The number of piperidine rings is 1. The van der Waals surface area contributed by atoms with Gasteiger partial charge in [0, 0.05) is 6.04 Å². The van der Waals surface area contributed by atoms with Crippen LogP contribution in [-0.2, 0) is 17.9 Å². The van der Waals surface area contributed by atoms with Crippen LogP contribution >= 0.6 is 0 Å². The van der Waals surface area contributed by atoms with Gasteiger partial charge in [0.2, 0.25) is 0 Å². The SMILES string of the molecule is CC[C@@H]1CCCCN1Cc1nc2ccccc2c(=O)n1CC(C)=O. The zero-order valence-corrected chi connectivity index (χ0v) is 14.5. The second-order valence-corrected chi connectivity index (χ2v) is 6.67. The largest absolute Gasteiger partial charge is 0.298 e. The molecule has 2 aromatic rings. The molecule has 0 aliphatic carbocycles. The van der Waals surface area contributed by atoms with E-state index in [1.165, 1.54) is 26.2 Å². The first-order valence-electron chi connectivity index (χ1n) is 8.82. The average Bonchev–Trinajstić information content (AvgIpc) is 2.58. The van der Waals surface area contributed by atoms with Crippen molar-refractivity contribution >= 4 is 16.7 Å². The number of likely N-dealkylation sites (tertiary alicyclic amines) is 1. The molecule has 128 valence electrons. The zero-order valence-electron chi connectivity index (χ0n) is 14.5. The molecule has 3 rings (SSSR count). The van der Waals surface area contributed by atoms with Crippen LogP contribution in [0.15, 0.2) is 29.1 Å². The highest BCUT2D eigenvalue weighted by molar-refractivity contribution is 5.79. The van der Waals surface area contributed by atoms with Crippen molar-refractivity contribution in [2.45, 2.75) is 58.7 Å². The molecule has 0 amide bonds. The van der Waals surface area contributed by atoms with E-state index >= 15 is 0 Å². The molecule has 5 nitrogen and oxygen atoms in total. The van der Waals surface area contributed by atoms with Gasteiger partial charge >= 0.3 is 0 Å². The minimum Gasteiger partial charge on any atom is -0.298 e. The van der Waals surface area contributed by atoms with Crippen LogP contribution in [-0.4, -0.2) is 32.8 Å². The highest BCUT2D eigenvalue weighted by atomic mass is 16.1. The molecule has 1 saturated heterocycles. The van der Waals surface area contributed by atoms with E-state index < -0.39 is 0 Å². The second-order valence-electron chi connectivity index (χ2n) is 6.67. The van der Waals surface area contributed by atoms with Crippen molar-refractivity contribution in [2.75, 3.05) is 6.54 Å². The summed E-state index contributed by atoms with van der Waals surface area (Å²) in [6.45, 7) is 5.48. The van der Waals surface area contributed by atoms with Gasteiger partial charge in [0.05, 0.1) is 24.0 Å². The molecule has 2 heterocycles. The molecule has 1 aromatic carbocycles. The smallest absolute Gasteiger partial charge is 0.261 e. The van der Waals surface area contributed by atoms with Crippen LogP contribution in [0, 0.1) is 0 Å². The van der Waals surface area contributed by atoms with E-state index in [-0.39, 0.29) is 17.9 Å². The number of carbonyl (C=O) groups is 1. The van der Waals surface area contributed by atoms with E-state index in [4.69, 9.17) is 4.98 Å². The van der Waals surface area contributed by atoms with Crippen molar-refractivity contribution in [1.82, 2.24) is 14.5 Å². The molecule has 0 radical (unpaired) electrons. The number of nitrogens with zero attached hydrogens (tertiary/aromatic N) is 3. The van der Waals surface area contributed by atoms with Crippen LogP contribution in [0.4, 0.5) is 0 Å². The third-order valence-electron chi connectivity index (χ3n) is 4.89. The van der Waals surface area contributed by atoms with Gasteiger partial charge in [-0.1, -0.05) is 25.5 Å². The van der Waals surface area contributed by atoms with Crippen molar-refractivity contribution in [1.29, 1.82) is 0 Å². The maximum atomic E-state index is 12.8. The molecule has 0 saturated carbocycles. The van der Waals surface area contributed by atoms with Gasteiger partial charge in [-0.25, -0.2) is 4.98 Å². The molecule has 0 bridgehead atoms. The summed E-state index contributed by atoms with van der Waals surface area (Å²) in [5.74, 6) is 0.676. The summed E-state index contributed by atoms with van der Waals surface area (Å²) in [7, 11) is 0. The fraction of sp³-hybridized carbons (Fsp3) is 0.526. The third kappa shape index (κ3) is 3.41. The molecule has 1 atom stereocenters. The predicted octanol–water partition coefficient (Wildman–Crippen LogP) is 2.75. The highest BCUT2D eigenvalue weighted by Gasteiger charge is 2.23. The van der Waals surface area contributed by atoms with Gasteiger partial charge in [-0.3, -0.25) is 19.1 Å². The summed E-state index contributed by atoms with van der Waals surface area (Å²) in [4.78, 5) is 31.6. The molecular formula is C19H25N3O2. The molecule has 1 fully saturated rings. The first-order chi connectivity index (χ1) is 11.6. The topological polar surface area (TPSA) is 55.2 Å². The van der Waals surface area contributed by atoms with Crippen molar-refractivity contribution < 1.29 is 4.79 Å². The highest BCUT2D eigenvalue weighted by Crippen LogP contribution is 2.21. The Kier molecular flexibility index (Phi) is 5.09. The summed E-state index contributed by atoms with van der Waals surface area (Å²) in [6, 6.07) is 7.91. The van der Waals surface area contributed by atoms with E-state index in [9.17, 15) is 9.59 Å². The normalized spacial score (nSPS) is 18.8. The number of hydrogen-bond donors (Lipinski definition) is 0. The Morgan fingerprint density at radius 1 is 1.29 bits per heavy atom. The lowest BCUT2D eigenvalue weighted by Gasteiger charge is -2.35. The van der Waals surface area contributed by atoms with Crippen molar-refractivity contribution in [3.05, 3.63) is 40.4 Å². The minimum absolute atomic E-state index is 0.0267. The molecule has 0 N–H and O–H groups in total. The molecule has 0 spiro atoms. The third-order valence-corrected chi connectivity index (χ3v) is 4.89. The lowest BCUT2D eigenvalue weighted by Crippen LogP contribution is -2.40. The Bertz CT molecular complexity index is 797. The van der Waals surface area contributed by atoms with E-state index in [2.05, 4.69) is 11.8 Å². The van der Waals surface area contributed by atoms with E-state index in [0.717, 1.165) is 13.0 Å². The van der Waals surface area contributed by atoms with E-state index in [1.807, 2.05) is 18.2 Å². The number of benzene rings is 1. The monoisotopic (exact) mass is 327 g/mol. The fourth-order valence-corrected chi connectivity index (χ4v) is 3.63. The Balaban J connectivity index is 2.04. The number of Topliss-reactive ketones (excluding diaryl/α,β-unsaturated/α-hetero) is 1. The average molecular weight is 327 g/mol. The summed E-state index contributed by atoms with van der Waals surface area (Å²) >= 11 is 0. The Morgan fingerprint density at radius 2 is 2.08 bits per heavy atom. The summed E-state index contributed by atoms with van der Waals surface area (Å²) < 4.78 is 1.56. The summed E-state index contributed by atoms with van der Waals surface area (Å²) in [5, 5.41) is 0.577. The number of carbonyl (C=O) groups excluding carboxylic acids is 1. The number of hydrogen-bond acceptors (Lipinski definition) is 4. The zero-order chi connectivity index (χ0) is 17.1. The van der Waals surface area contributed by atoms with Gasteiger partial charge in [0.25, 0.3) is 5.56 Å². The molecule has 1 aromatic heterocycles. The second kappa shape index (κ2) is 7.26. The number of rotatable bonds is 5. The molecule has 1 aliphatic heterocycles. The van der Waals surface area contributed by atoms with Crippen LogP contribution in [0.1, 0.15) is 45.4 Å². The molecule has 1 aliphatic rings. The first-order valence-corrected chi connectivity index (χ1v) is 8.82. The first kappa shape index (κ1) is 16.8. The molecule has 0 unspecified atom stereocenters. The van der Waals surface area contributed by atoms with Gasteiger partial charge in [-0.05, 0) is 44.9 Å². The number of aromatic nitrogens is 2. The van der Waals surface area contributed by atoms with Crippen molar-refractivity contribution in [3.63, 3.8) is 0 Å². The predicted molar refractivity (Wildman–Crippen MR) is 95.0 cm³/mol. The number of fused-ring (bicyclic) bond motifs is 1. The van der Waals surface area contributed by atoms with Crippen LogP contribution in [0.2, 0.25) is 0 Å². The summed E-state index contributed by atoms with van der Waals surface area (Å²) in [6.07, 6.45) is 4.74. The van der Waals surface area contributed by atoms with Crippen LogP contribution < -0.4 is 5.56 Å². The van der Waals surface area contributed by atoms with Gasteiger partial charge in [-0.15, -0.1) is 0 Å². The maximum absolute atomic E-state index is 12.8. The van der Waals surface area contributed by atoms with Gasteiger partial charge < -0.3 is 0 Å². The van der Waals surface area contributed by atoms with Crippen LogP contribution in [0.5, 0.6) is 0 Å². The molecular weight excluding hydrogens is 302 g/mol. The maximum Gasteiger partial charge on any atom is 0.261 e. The minimum atomic E-state index is -0.115. The lowest BCUT2D eigenvalue weighted by atomic mass is 10.00. The standard InChI is InChI=1S/C19H25N3O2/c1-3-15-8-6-7-11-21(15)13-18-20-17-10-5-4-9-16(17)19(24)22(18)12-14(2)23/h4-5,9-10,15H,3,6-8,11-13H2,1-2H3/t15-/m1/s1. The number of ketones is 1. The van der Waals surface area contributed by atoms with E-state index in [1.54, 1.807) is 10.6 Å². The molecule has 24 heavy (non-hydrogen) atoms. The number of para-hydroxylation sites is 1. The molecule has 5 heteroatoms. The Labute approximate surface area is 142 Å². The summed E-state index contributed by atoms with van der Waals surface area (Å²) in [5.41, 5.74) is 0.596. The van der Waals surface area contributed by atoms with Crippen LogP contribution in [0.25, 0.3) is 10.9 Å². The van der Waals surface area contributed by atoms with Crippen molar-refractivity contribution in [3.8, 4) is 0 Å². The van der Waals surface area contributed by atoms with Gasteiger partial charge in [0.1, 0.15) is 11.6 Å². The fourth-order valence-electron chi connectivity index (χ4n) is 3.63. The van der Waals surface area contributed by atoms with Gasteiger partial charge in [0.15, 0.2) is 0 Å². The van der Waals surface area contributed by atoms with Gasteiger partial charge in [-0.2, -0.15) is 0 Å².